The van der Waals surface area contributed by atoms with Crippen LogP contribution in [0.15, 0.2) is 42.5 Å². The van der Waals surface area contributed by atoms with Crippen molar-refractivity contribution < 1.29 is 9.59 Å². The van der Waals surface area contributed by atoms with E-state index in [0.717, 1.165) is 5.56 Å². The monoisotopic (exact) mass is 404 g/mol. The Kier molecular flexibility index (Phi) is 5.78. The summed E-state index contributed by atoms with van der Waals surface area (Å²) in [6.45, 7) is 4.84. The van der Waals surface area contributed by atoms with Gasteiger partial charge in [-0.25, -0.2) is 0 Å². The predicted molar refractivity (Wildman–Crippen MR) is 108 cm³/mol. The Morgan fingerprint density at radius 3 is 2.44 bits per heavy atom. The Bertz CT molecular complexity index is 867. The van der Waals surface area contributed by atoms with E-state index in [1.807, 2.05) is 38.1 Å². The summed E-state index contributed by atoms with van der Waals surface area (Å²) >= 11 is 12.1. The van der Waals surface area contributed by atoms with E-state index >= 15 is 0 Å². The third-order valence-electron chi connectivity index (χ3n) is 5.14. The molecule has 0 bridgehead atoms. The van der Waals surface area contributed by atoms with Gasteiger partial charge in [0.15, 0.2) is 0 Å². The molecule has 2 aromatic rings. The van der Waals surface area contributed by atoms with Crippen LogP contribution in [-0.4, -0.2) is 28.8 Å². The molecule has 1 atom stereocenters. The van der Waals surface area contributed by atoms with Crippen molar-refractivity contribution in [1.82, 2.24) is 10.2 Å². The fourth-order valence-electron chi connectivity index (χ4n) is 3.20. The molecule has 1 heterocycles. The lowest BCUT2D eigenvalue weighted by atomic mass is 9.84. The van der Waals surface area contributed by atoms with Crippen LogP contribution in [0.5, 0.6) is 0 Å². The molecule has 1 unspecified atom stereocenters. The van der Waals surface area contributed by atoms with Gasteiger partial charge in [-0.3, -0.25) is 9.59 Å². The Labute approximate surface area is 169 Å². The average molecular weight is 405 g/mol. The lowest BCUT2D eigenvalue weighted by molar-refractivity contribution is -0.157. The molecule has 2 amide bonds. The number of hydrogen-bond acceptors (Lipinski definition) is 2. The summed E-state index contributed by atoms with van der Waals surface area (Å²) < 4.78 is 0. The van der Waals surface area contributed by atoms with Crippen molar-refractivity contribution in [3.05, 3.63) is 69.2 Å². The molecule has 0 radical (unpaired) electrons. The van der Waals surface area contributed by atoms with Gasteiger partial charge in [0.25, 0.3) is 0 Å². The van der Waals surface area contributed by atoms with E-state index in [1.54, 1.807) is 23.1 Å². The summed E-state index contributed by atoms with van der Waals surface area (Å²) in [7, 11) is 0. The first-order valence-electron chi connectivity index (χ1n) is 8.88. The maximum Gasteiger partial charge on any atom is 0.246 e. The molecule has 0 spiro atoms. The molecule has 0 aromatic heterocycles. The maximum absolute atomic E-state index is 12.7. The highest BCUT2D eigenvalue weighted by molar-refractivity contribution is 6.35. The number of nitrogens with zero attached hydrogens (tertiary/aromatic N) is 1. The molecule has 0 aliphatic carbocycles. The van der Waals surface area contributed by atoms with Gasteiger partial charge >= 0.3 is 0 Å². The van der Waals surface area contributed by atoms with Gasteiger partial charge in [-0.1, -0.05) is 59.1 Å². The Balaban J connectivity index is 1.62. The van der Waals surface area contributed by atoms with Gasteiger partial charge in [0.05, 0.1) is 6.42 Å². The van der Waals surface area contributed by atoms with Crippen molar-refractivity contribution in [2.75, 3.05) is 6.54 Å². The van der Waals surface area contributed by atoms with E-state index in [9.17, 15) is 9.59 Å². The van der Waals surface area contributed by atoms with E-state index in [-0.39, 0.29) is 18.2 Å². The first kappa shape index (κ1) is 19.7. The molecular formula is C21H22Cl2N2O2. The molecule has 27 heavy (non-hydrogen) atoms. The highest BCUT2D eigenvalue weighted by atomic mass is 35.5. The van der Waals surface area contributed by atoms with Gasteiger partial charge < -0.3 is 10.2 Å². The van der Waals surface area contributed by atoms with Crippen LogP contribution in [0.1, 0.15) is 30.0 Å². The standard InChI is InChI=1S/C21H22Cl2N2O2/c1-14-3-5-15(6-4-14)13-24-20(27)21(2)9-10-25(21)19(26)11-16-7-8-17(22)12-18(16)23/h3-8,12H,9-11,13H2,1-2H3,(H,24,27). The van der Waals surface area contributed by atoms with Crippen LogP contribution in [0.4, 0.5) is 0 Å². The molecular weight excluding hydrogens is 383 g/mol. The van der Waals surface area contributed by atoms with Crippen molar-refractivity contribution in [3.8, 4) is 0 Å². The van der Waals surface area contributed by atoms with E-state index in [0.29, 0.717) is 35.1 Å². The van der Waals surface area contributed by atoms with Gasteiger partial charge in [-0.05, 0) is 43.5 Å². The van der Waals surface area contributed by atoms with Crippen LogP contribution in [0.25, 0.3) is 0 Å². The molecule has 1 saturated heterocycles. The largest absolute Gasteiger partial charge is 0.350 e. The van der Waals surface area contributed by atoms with Gasteiger partial charge in [0.2, 0.25) is 11.8 Å². The molecule has 0 saturated carbocycles. The van der Waals surface area contributed by atoms with E-state index in [1.165, 1.54) is 5.56 Å². The zero-order valence-corrected chi connectivity index (χ0v) is 16.9. The minimum atomic E-state index is -0.819. The zero-order chi connectivity index (χ0) is 19.6. The highest BCUT2D eigenvalue weighted by Gasteiger charge is 2.49. The number of carbonyl (C=O) groups is 2. The quantitative estimate of drug-likeness (QED) is 0.813. The fourth-order valence-corrected chi connectivity index (χ4v) is 3.67. The van der Waals surface area contributed by atoms with Crippen molar-refractivity contribution in [3.63, 3.8) is 0 Å². The molecule has 1 fully saturated rings. The van der Waals surface area contributed by atoms with Gasteiger partial charge in [0.1, 0.15) is 5.54 Å². The first-order chi connectivity index (χ1) is 12.8. The number of rotatable bonds is 5. The van der Waals surface area contributed by atoms with Gasteiger partial charge in [0, 0.05) is 23.1 Å². The minimum absolute atomic E-state index is 0.113. The second-order valence-corrected chi connectivity index (χ2v) is 7.99. The normalized spacial score (nSPS) is 18.7. The third-order valence-corrected chi connectivity index (χ3v) is 5.73. The number of amides is 2. The SMILES string of the molecule is Cc1ccc(CNC(=O)C2(C)CCN2C(=O)Cc2ccc(Cl)cc2Cl)cc1. The van der Waals surface area contributed by atoms with E-state index in [4.69, 9.17) is 23.2 Å². The summed E-state index contributed by atoms with van der Waals surface area (Å²) in [5, 5.41) is 3.94. The Morgan fingerprint density at radius 2 is 1.85 bits per heavy atom. The number of hydrogen-bond donors (Lipinski definition) is 1. The summed E-state index contributed by atoms with van der Waals surface area (Å²) in [6, 6.07) is 13.1. The van der Waals surface area contributed by atoms with Crippen LogP contribution >= 0.6 is 23.2 Å². The van der Waals surface area contributed by atoms with Crippen molar-refractivity contribution in [1.29, 1.82) is 0 Å². The van der Waals surface area contributed by atoms with Crippen LogP contribution < -0.4 is 5.32 Å². The van der Waals surface area contributed by atoms with Crippen molar-refractivity contribution in [2.24, 2.45) is 0 Å². The number of carbonyl (C=O) groups excluding carboxylic acids is 2. The predicted octanol–water partition coefficient (Wildman–Crippen LogP) is 4.15. The second kappa shape index (κ2) is 7.91. The topological polar surface area (TPSA) is 49.4 Å². The number of nitrogens with one attached hydrogen (secondary N) is 1. The zero-order valence-electron chi connectivity index (χ0n) is 15.4. The number of likely N-dealkylation sites (tertiary alicyclic amines) is 1. The average Bonchev–Trinajstić information content (AvgIpc) is 2.61. The van der Waals surface area contributed by atoms with Gasteiger partial charge in [-0.15, -0.1) is 0 Å². The van der Waals surface area contributed by atoms with Crippen LogP contribution in [0, 0.1) is 6.92 Å². The van der Waals surface area contributed by atoms with Crippen molar-refractivity contribution in [2.45, 2.75) is 38.8 Å². The first-order valence-corrected chi connectivity index (χ1v) is 9.63. The Morgan fingerprint density at radius 1 is 1.15 bits per heavy atom. The minimum Gasteiger partial charge on any atom is -0.350 e. The fraction of sp³-hybridized carbons (Fsp3) is 0.333. The molecule has 4 nitrogen and oxygen atoms in total. The molecule has 1 N–H and O–H groups in total. The summed E-state index contributed by atoms with van der Waals surface area (Å²) in [5.41, 5.74) is 2.09. The Hall–Kier alpha value is -2.04. The summed E-state index contributed by atoms with van der Waals surface area (Å²) in [5.74, 6) is -0.247. The number of benzene rings is 2. The van der Waals surface area contributed by atoms with E-state index in [2.05, 4.69) is 5.32 Å². The lowest BCUT2D eigenvalue weighted by Crippen LogP contribution is -2.67. The maximum atomic E-state index is 12.7. The molecule has 2 aromatic carbocycles. The van der Waals surface area contributed by atoms with E-state index < -0.39 is 5.54 Å². The molecule has 142 valence electrons. The van der Waals surface area contributed by atoms with Gasteiger partial charge in [-0.2, -0.15) is 0 Å². The van der Waals surface area contributed by atoms with Crippen LogP contribution in [0.2, 0.25) is 10.0 Å². The van der Waals surface area contributed by atoms with Crippen LogP contribution in [0.3, 0.4) is 0 Å². The molecule has 1 aliphatic heterocycles. The third kappa shape index (κ3) is 4.28. The number of halogens is 2. The summed E-state index contributed by atoms with van der Waals surface area (Å²) in [4.78, 5) is 27.1. The second-order valence-electron chi connectivity index (χ2n) is 7.15. The molecule has 6 heteroatoms. The van der Waals surface area contributed by atoms with Crippen LogP contribution in [-0.2, 0) is 22.6 Å². The smallest absolute Gasteiger partial charge is 0.246 e. The van der Waals surface area contributed by atoms with Crippen molar-refractivity contribution >= 4 is 35.0 Å². The number of aryl methyl sites for hydroxylation is 1. The lowest BCUT2D eigenvalue weighted by Gasteiger charge is -2.49. The molecule has 1 aliphatic rings. The highest BCUT2D eigenvalue weighted by Crippen LogP contribution is 2.32. The summed E-state index contributed by atoms with van der Waals surface area (Å²) in [6.07, 6.45) is 0.795. The molecule has 3 rings (SSSR count).